The monoisotopic (exact) mass is 331 g/mol. The number of amides is 1. The summed E-state index contributed by atoms with van der Waals surface area (Å²) >= 11 is 0. The van der Waals surface area contributed by atoms with Gasteiger partial charge in [0.05, 0.1) is 17.7 Å². The minimum absolute atomic E-state index is 0.0172. The standard InChI is InChI=1S/C16H21N5O3/c1-11-17-7-8-20(11)9-10-21-14(22)4-3-12(16(23)24)15(21)13-5-6-18-19(13)2/h5-8,12,15H,3-4,9-10H2,1-2H3,(H,23,24)/t12-,15-/m0/s1. The first kappa shape index (κ1) is 16.2. The van der Waals surface area contributed by atoms with Crippen LogP contribution in [0, 0.1) is 12.8 Å². The summed E-state index contributed by atoms with van der Waals surface area (Å²) in [7, 11) is 1.77. The Morgan fingerprint density at radius 2 is 2.17 bits per heavy atom. The average Bonchev–Trinajstić information content (AvgIpc) is 3.14. The molecule has 1 saturated heterocycles. The van der Waals surface area contributed by atoms with Crippen molar-refractivity contribution >= 4 is 11.9 Å². The second-order valence-corrected chi connectivity index (χ2v) is 6.06. The molecule has 1 N–H and O–H groups in total. The van der Waals surface area contributed by atoms with Gasteiger partial charge in [-0.25, -0.2) is 4.98 Å². The smallest absolute Gasteiger partial charge is 0.309 e. The largest absolute Gasteiger partial charge is 0.481 e. The molecule has 128 valence electrons. The number of nitrogens with zero attached hydrogens (tertiary/aromatic N) is 5. The Morgan fingerprint density at radius 3 is 2.75 bits per heavy atom. The zero-order chi connectivity index (χ0) is 17.3. The molecule has 0 bridgehead atoms. The second kappa shape index (κ2) is 6.46. The Bertz CT molecular complexity index is 750. The molecule has 3 rings (SSSR count). The number of carbonyl (C=O) groups is 2. The number of likely N-dealkylation sites (tertiary alicyclic amines) is 1. The van der Waals surface area contributed by atoms with Gasteiger partial charge in [-0.2, -0.15) is 5.10 Å². The van der Waals surface area contributed by atoms with Gasteiger partial charge in [-0.1, -0.05) is 0 Å². The van der Waals surface area contributed by atoms with Gasteiger partial charge in [-0.15, -0.1) is 0 Å². The predicted molar refractivity (Wildman–Crippen MR) is 85.0 cm³/mol. The third-order valence-corrected chi connectivity index (χ3v) is 4.69. The molecule has 1 amide bonds. The second-order valence-electron chi connectivity index (χ2n) is 6.06. The molecule has 2 aromatic rings. The number of rotatable bonds is 5. The molecule has 0 aliphatic carbocycles. The van der Waals surface area contributed by atoms with Gasteiger partial charge in [0.25, 0.3) is 0 Å². The van der Waals surface area contributed by atoms with Crippen molar-refractivity contribution in [1.82, 2.24) is 24.2 Å². The molecule has 1 aliphatic heterocycles. The number of hydrogen-bond acceptors (Lipinski definition) is 4. The highest BCUT2D eigenvalue weighted by atomic mass is 16.4. The van der Waals surface area contributed by atoms with Crippen LogP contribution in [0.5, 0.6) is 0 Å². The van der Waals surface area contributed by atoms with Gasteiger partial charge in [0.1, 0.15) is 5.82 Å². The van der Waals surface area contributed by atoms with Crippen molar-refractivity contribution in [2.24, 2.45) is 13.0 Å². The molecule has 24 heavy (non-hydrogen) atoms. The molecule has 0 aromatic carbocycles. The first-order valence-corrected chi connectivity index (χ1v) is 7.97. The fraction of sp³-hybridized carbons (Fsp3) is 0.500. The minimum atomic E-state index is -0.877. The van der Waals surface area contributed by atoms with Gasteiger partial charge in [0, 0.05) is 45.1 Å². The fourth-order valence-corrected chi connectivity index (χ4v) is 3.37. The maximum absolute atomic E-state index is 12.5. The molecule has 2 aromatic heterocycles. The molecule has 8 nitrogen and oxygen atoms in total. The zero-order valence-electron chi connectivity index (χ0n) is 13.8. The lowest BCUT2D eigenvalue weighted by Crippen LogP contribution is -2.47. The van der Waals surface area contributed by atoms with Gasteiger partial charge in [0.15, 0.2) is 0 Å². The maximum atomic E-state index is 12.5. The lowest BCUT2D eigenvalue weighted by molar-refractivity contribution is -0.152. The summed E-state index contributed by atoms with van der Waals surface area (Å²) in [4.78, 5) is 30.1. The van der Waals surface area contributed by atoms with E-state index in [1.807, 2.05) is 17.7 Å². The Labute approximate surface area is 139 Å². The molecule has 0 radical (unpaired) electrons. The molecule has 3 heterocycles. The highest BCUT2D eigenvalue weighted by molar-refractivity contribution is 5.81. The first-order valence-electron chi connectivity index (χ1n) is 7.97. The third kappa shape index (κ3) is 2.91. The molecule has 2 atom stereocenters. The van der Waals surface area contributed by atoms with Crippen LogP contribution in [0.25, 0.3) is 0 Å². The van der Waals surface area contributed by atoms with Crippen molar-refractivity contribution in [3.05, 3.63) is 36.2 Å². The molecule has 0 unspecified atom stereocenters. The van der Waals surface area contributed by atoms with Crippen LogP contribution in [-0.4, -0.2) is 47.8 Å². The molecule has 0 saturated carbocycles. The molecule has 8 heteroatoms. The van der Waals surface area contributed by atoms with E-state index >= 15 is 0 Å². The highest BCUT2D eigenvalue weighted by Crippen LogP contribution is 2.36. The minimum Gasteiger partial charge on any atom is -0.481 e. The van der Waals surface area contributed by atoms with Crippen molar-refractivity contribution in [1.29, 1.82) is 0 Å². The Morgan fingerprint density at radius 1 is 1.38 bits per heavy atom. The molecule has 0 spiro atoms. The van der Waals surface area contributed by atoms with Crippen molar-refractivity contribution < 1.29 is 14.7 Å². The number of piperidine rings is 1. The van der Waals surface area contributed by atoms with Gasteiger partial charge in [-0.3, -0.25) is 14.3 Å². The zero-order valence-corrected chi connectivity index (χ0v) is 13.8. The van der Waals surface area contributed by atoms with Gasteiger partial charge in [-0.05, 0) is 19.4 Å². The van der Waals surface area contributed by atoms with E-state index in [0.29, 0.717) is 19.5 Å². The Balaban J connectivity index is 1.89. The number of imidazole rings is 1. The summed E-state index contributed by atoms with van der Waals surface area (Å²) in [6, 6.07) is 1.29. The van der Waals surface area contributed by atoms with Crippen LogP contribution < -0.4 is 0 Å². The quantitative estimate of drug-likeness (QED) is 0.882. The third-order valence-electron chi connectivity index (χ3n) is 4.69. The highest BCUT2D eigenvalue weighted by Gasteiger charge is 2.41. The summed E-state index contributed by atoms with van der Waals surface area (Å²) in [6.45, 7) is 2.92. The Hall–Kier alpha value is -2.64. The maximum Gasteiger partial charge on any atom is 0.309 e. The lowest BCUT2D eigenvalue weighted by atomic mass is 9.86. The van der Waals surface area contributed by atoms with E-state index in [1.165, 1.54) is 0 Å². The number of carbonyl (C=O) groups excluding carboxylic acids is 1. The summed E-state index contributed by atoms with van der Waals surface area (Å²) in [6.07, 6.45) is 5.81. The van der Waals surface area contributed by atoms with Crippen LogP contribution in [0.1, 0.15) is 30.4 Å². The molecule has 1 aliphatic rings. The van der Waals surface area contributed by atoms with E-state index in [1.54, 1.807) is 35.1 Å². The van der Waals surface area contributed by atoms with E-state index in [0.717, 1.165) is 11.5 Å². The molecular formula is C16H21N5O3. The number of hydrogen-bond donors (Lipinski definition) is 1. The van der Waals surface area contributed by atoms with E-state index in [4.69, 9.17) is 0 Å². The number of carboxylic acid groups (broad SMARTS) is 1. The molecule has 1 fully saturated rings. The normalized spacial score (nSPS) is 21.2. The summed E-state index contributed by atoms with van der Waals surface area (Å²) in [5, 5.41) is 13.8. The van der Waals surface area contributed by atoms with E-state index < -0.39 is 17.9 Å². The Kier molecular flexibility index (Phi) is 4.37. The van der Waals surface area contributed by atoms with Crippen LogP contribution in [0.15, 0.2) is 24.7 Å². The van der Waals surface area contributed by atoms with E-state index in [-0.39, 0.29) is 12.3 Å². The van der Waals surface area contributed by atoms with Crippen molar-refractivity contribution in [3.8, 4) is 0 Å². The van der Waals surface area contributed by atoms with Crippen molar-refractivity contribution in [2.45, 2.75) is 32.4 Å². The van der Waals surface area contributed by atoms with Crippen LogP contribution in [0.4, 0.5) is 0 Å². The van der Waals surface area contributed by atoms with Crippen molar-refractivity contribution in [2.75, 3.05) is 6.54 Å². The fourth-order valence-electron chi connectivity index (χ4n) is 3.37. The summed E-state index contributed by atoms with van der Waals surface area (Å²) in [5.74, 6) is -0.651. The first-order chi connectivity index (χ1) is 11.5. The SMILES string of the molecule is Cc1nccn1CCN1C(=O)CC[C@H](C(=O)O)[C@H]1c1ccnn1C. The lowest BCUT2D eigenvalue weighted by Gasteiger charge is -2.39. The summed E-state index contributed by atoms with van der Waals surface area (Å²) in [5.41, 5.74) is 0.748. The predicted octanol–water partition coefficient (Wildman–Crippen LogP) is 0.990. The van der Waals surface area contributed by atoms with Gasteiger partial charge >= 0.3 is 5.97 Å². The number of aryl methyl sites for hydroxylation is 2. The van der Waals surface area contributed by atoms with Crippen LogP contribution in [-0.2, 0) is 23.2 Å². The average molecular weight is 331 g/mol. The van der Waals surface area contributed by atoms with E-state index in [2.05, 4.69) is 10.1 Å². The summed E-state index contributed by atoms with van der Waals surface area (Å²) < 4.78 is 3.60. The van der Waals surface area contributed by atoms with Crippen LogP contribution in [0.2, 0.25) is 0 Å². The molecular weight excluding hydrogens is 310 g/mol. The van der Waals surface area contributed by atoms with Crippen LogP contribution >= 0.6 is 0 Å². The van der Waals surface area contributed by atoms with Crippen molar-refractivity contribution in [3.63, 3.8) is 0 Å². The van der Waals surface area contributed by atoms with Gasteiger partial charge in [0.2, 0.25) is 5.91 Å². The number of aromatic nitrogens is 4. The van der Waals surface area contributed by atoms with E-state index in [9.17, 15) is 14.7 Å². The topological polar surface area (TPSA) is 93.2 Å². The number of aliphatic carboxylic acids is 1. The van der Waals surface area contributed by atoms with Gasteiger partial charge < -0.3 is 14.6 Å². The number of carboxylic acids is 1. The van der Waals surface area contributed by atoms with Crippen LogP contribution in [0.3, 0.4) is 0 Å².